The molecule has 0 aromatic heterocycles. The van der Waals surface area contributed by atoms with E-state index in [2.05, 4.69) is 66.1 Å². The Morgan fingerprint density at radius 3 is 2.38 bits per heavy atom. The number of aliphatic imine (C=N–C) groups is 1. The molecule has 0 radical (unpaired) electrons. The molecule has 6 heteroatoms. The number of hydrogen-bond acceptors (Lipinski definition) is 4. The van der Waals surface area contributed by atoms with Gasteiger partial charge in [-0.15, -0.1) is 0 Å². The second-order valence-corrected chi connectivity index (χ2v) is 8.97. The first-order valence-electron chi connectivity index (χ1n) is 11.0. The molecule has 2 N–H and O–H groups in total. The van der Waals surface area contributed by atoms with Crippen molar-refractivity contribution in [2.24, 2.45) is 10.9 Å². The monoisotopic (exact) mass is 403 g/mol. The van der Waals surface area contributed by atoms with Crippen LogP contribution in [0.5, 0.6) is 5.75 Å². The van der Waals surface area contributed by atoms with Crippen LogP contribution in [0.3, 0.4) is 0 Å². The number of piperazine rings is 1. The second-order valence-electron chi connectivity index (χ2n) is 8.97. The molecule has 0 spiro atoms. The lowest BCUT2D eigenvalue weighted by Crippen LogP contribution is -2.48. The zero-order valence-corrected chi connectivity index (χ0v) is 19.3. The van der Waals surface area contributed by atoms with Crippen LogP contribution in [0.2, 0.25) is 0 Å². The Balaban J connectivity index is 1.77. The lowest BCUT2D eigenvalue weighted by atomic mass is 10.1. The predicted molar refractivity (Wildman–Crippen MR) is 123 cm³/mol. The highest BCUT2D eigenvalue weighted by Crippen LogP contribution is 2.22. The van der Waals surface area contributed by atoms with Gasteiger partial charge in [-0.3, -0.25) is 4.99 Å². The minimum atomic E-state index is -0.214. The van der Waals surface area contributed by atoms with Crippen molar-refractivity contribution in [1.29, 1.82) is 0 Å². The van der Waals surface area contributed by atoms with Gasteiger partial charge in [0, 0.05) is 58.4 Å². The van der Waals surface area contributed by atoms with E-state index in [4.69, 9.17) is 4.74 Å². The molecule has 6 nitrogen and oxygen atoms in total. The average molecular weight is 404 g/mol. The van der Waals surface area contributed by atoms with E-state index in [1.54, 1.807) is 0 Å². The van der Waals surface area contributed by atoms with E-state index < -0.39 is 0 Å². The SMILES string of the molecule is CCN1CCN(CC(C)CNC(=NC)NCc2ccccc2OC(C)(C)C)CC1. The number of nitrogens with one attached hydrogen (secondary N) is 2. The maximum atomic E-state index is 6.09. The maximum Gasteiger partial charge on any atom is 0.191 e. The van der Waals surface area contributed by atoms with Gasteiger partial charge in [-0.05, 0) is 39.3 Å². The summed E-state index contributed by atoms with van der Waals surface area (Å²) in [5, 5.41) is 6.90. The first kappa shape index (κ1) is 23.5. The number of likely N-dealkylation sites (N-methyl/N-ethyl adjacent to an activating group) is 1. The summed E-state index contributed by atoms with van der Waals surface area (Å²) in [6, 6.07) is 8.18. The number of para-hydroxylation sites is 1. The van der Waals surface area contributed by atoms with Gasteiger partial charge in [0.2, 0.25) is 0 Å². The first-order chi connectivity index (χ1) is 13.8. The van der Waals surface area contributed by atoms with Crippen molar-refractivity contribution in [2.75, 3.05) is 52.9 Å². The summed E-state index contributed by atoms with van der Waals surface area (Å²) in [6.45, 7) is 19.4. The molecule has 0 saturated carbocycles. The molecule has 1 aromatic rings. The highest BCUT2D eigenvalue weighted by Gasteiger charge is 2.18. The van der Waals surface area contributed by atoms with Crippen molar-refractivity contribution in [2.45, 2.75) is 46.8 Å². The van der Waals surface area contributed by atoms with Gasteiger partial charge in [-0.25, -0.2) is 0 Å². The fourth-order valence-corrected chi connectivity index (χ4v) is 3.54. The lowest BCUT2D eigenvalue weighted by molar-refractivity contribution is 0.124. The average Bonchev–Trinajstić information content (AvgIpc) is 2.68. The van der Waals surface area contributed by atoms with E-state index in [9.17, 15) is 0 Å². The highest BCUT2D eigenvalue weighted by atomic mass is 16.5. The van der Waals surface area contributed by atoms with Crippen molar-refractivity contribution < 1.29 is 4.74 Å². The van der Waals surface area contributed by atoms with Gasteiger partial charge in [0.25, 0.3) is 0 Å². The summed E-state index contributed by atoms with van der Waals surface area (Å²) < 4.78 is 6.09. The Hall–Kier alpha value is -1.79. The van der Waals surface area contributed by atoms with Crippen LogP contribution >= 0.6 is 0 Å². The maximum absolute atomic E-state index is 6.09. The molecule has 1 unspecified atom stereocenters. The fraction of sp³-hybridized carbons (Fsp3) is 0.696. The molecule has 0 amide bonds. The first-order valence-corrected chi connectivity index (χ1v) is 11.0. The lowest BCUT2D eigenvalue weighted by Gasteiger charge is -2.35. The molecule has 0 bridgehead atoms. The summed E-state index contributed by atoms with van der Waals surface area (Å²) in [6.07, 6.45) is 0. The van der Waals surface area contributed by atoms with Crippen LogP contribution in [-0.2, 0) is 6.54 Å². The smallest absolute Gasteiger partial charge is 0.191 e. The largest absolute Gasteiger partial charge is 0.488 e. The van der Waals surface area contributed by atoms with Gasteiger partial charge in [0.1, 0.15) is 11.4 Å². The Kier molecular flexibility index (Phi) is 9.24. The van der Waals surface area contributed by atoms with E-state index in [0.717, 1.165) is 36.9 Å². The summed E-state index contributed by atoms with van der Waals surface area (Å²) in [7, 11) is 1.82. The molecule has 0 aliphatic carbocycles. The van der Waals surface area contributed by atoms with Crippen molar-refractivity contribution >= 4 is 5.96 Å². The van der Waals surface area contributed by atoms with Crippen LogP contribution in [0.4, 0.5) is 0 Å². The van der Waals surface area contributed by atoms with Gasteiger partial charge in [-0.2, -0.15) is 0 Å². The highest BCUT2D eigenvalue weighted by molar-refractivity contribution is 5.79. The van der Waals surface area contributed by atoms with E-state index in [1.807, 2.05) is 25.2 Å². The topological polar surface area (TPSA) is 52.1 Å². The van der Waals surface area contributed by atoms with E-state index in [-0.39, 0.29) is 5.60 Å². The molecular formula is C23H41N5O. The van der Waals surface area contributed by atoms with Gasteiger partial charge in [0.05, 0.1) is 0 Å². The van der Waals surface area contributed by atoms with Crippen LogP contribution < -0.4 is 15.4 Å². The third kappa shape index (κ3) is 8.62. The van der Waals surface area contributed by atoms with Crippen LogP contribution in [0.25, 0.3) is 0 Å². The zero-order valence-electron chi connectivity index (χ0n) is 19.3. The summed E-state index contributed by atoms with van der Waals surface area (Å²) in [5.74, 6) is 2.32. The molecule has 2 rings (SSSR count). The van der Waals surface area contributed by atoms with E-state index >= 15 is 0 Å². The quantitative estimate of drug-likeness (QED) is 0.516. The van der Waals surface area contributed by atoms with E-state index in [1.165, 1.54) is 26.2 Å². The van der Waals surface area contributed by atoms with Gasteiger partial charge in [-0.1, -0.05) is 32.0 Å². The van der Waals surface area contributed by atoms with Crippen LogP contribution in [0.15, 0.2) is 29.3 Å². The fourth-order valence-electron chi connectivity index (χ4n) is 3.54. The molecule has 1 aliphatic heterocycles. The van der Waals surface area contributed by atoms with Crippen molar-refractivity contribution in [3.05, 3.63) is 29.8 Å². The normalized spacial score (nSPS) is 17.8. The van der Waals surface area contributed by atoms with Crippen LogP contribution in [0.1, 0.15) is 40.2 Å². The molecule has 1 saturated heterocycles. The van der Waals surface area contributed by atoms with Gasteiger partial charge >= 0.3 is 0 Å². The number of benzene rings is 1. The molecule has 164 valence electrons. The van der Waals surface area contributed by atoms with Crippen LogP contribution in [0, 0.1) is 5.92 Å². The minimum Gasteiger partial charge on any atom is -0.488 e. The Labute approximate surface area is 177 Å². The summed E-state index contributed by atoms with van der Waals surface area (Å²) in [5.41, 5.74) is 0.917. The van der Waals surface area contributed by atoms with Gasteiger partial charge < -0.3 is 25.2 Å². The second kappa shape index (κ2) is 11.4. The zero-order chi connectivity index (χ0) is 21.3. The molecule has 29 heavy (non-hydrogen) atoms. The Bertz CT molecular complexity index is 632. The molecule has 1 atom stereocenters. The number of nitrogens with zero attached hydrogens (tertiary/aromatic N) is 3. The molecule has 1 fully saturated rings. The predicted octanol–water partition coefficient (Wildman–Crippen LogP) is 2.80. The molecule has 1 aliphatic rings. The molecule has 1 heterocycles. The third-order valence-corrected chi connectivity index (χ3v) is 5.16. The number of hydrogen-bond donors (Lipinski definition) is 2. The van der Waals surface area contributed by atoms with Gasteiger partial charge in [0.15, 0.2) is 5.96 Å². The number of rotatable bonds is 8. The Morgan fingerprint density at radius 1 is 1.10 bits per heavy atom. The summed E-state index contributed by atoms with van der Waals surface area (Å²) in [4.78, 5) is 9.48. The standard InChI is InChI=1S/C23H41N5O/c1-7-27-12-14-28(15-13-27)18-19(2)16-25-22(24-6)26-17-20-10-8-9-11-21(20)29-23(3,4)5/h8-11,19H,7,12-18H2,1-6H3,(H2,24,25,26). The van der Waals surface area contributed by atoms with Crippen molar-refractivity contribution in [1.82, 2.24) is 20.4 Å². The number of guanidine groups is 1. The summed E-state index contributed by atoms with van der Waals surface area (Å²) >= 11 is 0. The minimum absolute atomic E-state index is 0.214. The van der Waals surface area contributed by atoms with Crippen LogP contribution in [-0.4, -0.2) is 74.2 Å². The number of ether oxygens (including phenoxy) is 1. The van der Waals surface area contributed by atoms with Crippen molar-refractivity contribution in [3.8, 4) is 5.75 Å². The third-order valence-electron chi connectivity index (χ3n) is 5.16. The molecular weight excluding hydrogens is 362 g/mol. The van der Waals surface area contributed by atoms with E-state index in [0.29, 0.717) is 12.5 Å². The van der Waals surface area contributed by atoms with Crippen molar-refractivity contribution in [3.63, 3.8) is 0 Å². The molecule has 1 aromatic carbocycles. The Morgan fingerprint density at radius 2 is 1.76 bits per heavy atom.